The number of rotatable bonds is 8. The third-order valence-electron chi connectivity index (χ3n) is 6.64. The van der Waals surface area contributed by atoms with E-state index >= 15 is 0 Å². The molecule has 186 valence electrons. The summed E-state index contributed by atoms with van der Waals surface area (Å²) in [5.74, 6) is 1.93. The molecule has 1 saturated heterocycles. The maximum Gasteiger partial charge on any atom is 0.275 e. The lowest BCUT2D eigenvalue weighted by molar-refractivity contribution is 0.0299. The second-order valence-corrected chi connectivity index (χ2v) is 9.04. The lowest BCUT2D eigenvalue weighted by atomic mass is 10.1. The van der Waals surface area contributed by atoms with Crippen LogP contribution in [0.5, 0.6) is 11.5 Å². The second-order valence-electron chi connectivity index (χ2n) is 9.04. The molecule has 2 aliphatic rings. The first-order valence-corrected chi connectivity index (χ1v) is 12.2. The fraction of sp³-hybridized carbons (Fsp3) is 0.333. The van der Waals surface area contributed by atoms with E-state index in [4.69, 9.17) is 18.6 Å². The smallest absolute Gasteiger partial charge is 0.275 e. The Bertz CT molecular complexity index is 1360. The fourth-order valence-electron chi connectivity index (χ4n) is 4.73. The molecule has 1 amide bonds. The number of oxazole rings is 1. The van der Waals surface area contributed by atoms with Crippen molar-refractivity contribution in [3.05, 3.63) is 77.6 Å². The predicted octanol–water partition coefficient (Wildman–Crippen LogP) is 3.60. The van der Waals surface area contributed by atoms with Crippen molar-refractivity contribution in [2.75, 3.05) is 39.6 Å². The third-order valence-corrected chi connectivity index (χ3v) is 6.64. The Kier molecular flexibility index (Phi) is 6.31. The highest BCUT2D eigenvalue weighted by atomic mass is 16.7. The maximum absolute atomic E-state index is 12.8. The number of para-hydroxylation sites is 1. The number of H-pyrrole nitrogens is 1. The van der Waals surface area contributed by atoms with E-state index in [0.717, 1.165) is 35.5 Å². The van der Waals surface area contributed by atoms with Crippen LogP contribution in [0.2, 0.25) is 0 Å². The van der Waals surface area contributed by atoms with Crippen molar-refractivity contribution in [1.82, 2.24) is 19.8 Å². The van der Waals surface area contributed by atoms with Crippen LogP contribution in [-0.4, -0.2) is 65.3 Å². The van der Waals surface area contributed by atoms with E-state index in [-0.39, 0.29) is 12.7 Å². The van der Waals surface area contributed by atoms with Crippen molar-refractivity contribution >= 4 is 16.8 Å². The minimum absolute atomic E-state index is 0.116. The zero-order valence-electron chi connectivity index (χ0n) is 19.9. The first-order valence-electron chi connectivity index (χ1n) is 12.2. The number of nitrogens with one attached hydrogen (secondary N) is 1. The lowest BCUT2D eigenvalue weighted by Crippen LogP contribution is -2.40. The molecular formula is C27H28N4O5. The van der Waals surface area contributed by atoms with E-state index in [1.807, 2.05) is 18.2 Å². The van der Waals surface area contributed by atoms with Crippen LogP contribution in [0.4, 0.5) is 0 Å². The van der Waals surface area contributed by atoms with Crippen LogP contribution in [0, 0.1) is 0 Å². The normalized spacial score (nSPS) is 15.2. The molecule has 2 aromatic carbocycles. The molecule has 2 aliphatic heterocycles. The van der Waals surface area contributed by atoms with Gasteiger partial charge in [0.2, 0.25) is 12.7 Å². The zero-order valence-corrected chi connectivity index (χ0v) is 19.9. The summed E-state index contributed by atoms with van der Waals surface area (Å²) in [6, 6.07) is 14.3. The minimum Gasteiger partial charge on any atom is -0.454 e. The van der Waals surface area contributed by atoms with Gasteiger partial charge in [-0.1, -0.05) is 24.3 Å². The van der Waals surface area contributed by atoms with Gasteiger partial charge in [0.05, 0.1) is 19.8 Å². The van der Waals surface area contributed by atoms with Gasteiger partial charge in [0.15, 0.2) is 17.2 Å². The zero-order chi connectivity index (χ0) is 24.3. The number of ether oxygens (including phenoxy) is 3. The molecule has 9 nitrogen and oxygen atoms in total. The molecule has 0 saturated carbocycles. The van der Waals surface area contributed by atoms with E-state index in [0.29, 0.717) is 51.0 Å². The van der Waals surface area contributed by atoms with Gasteiger partial charge in [-0.25, -0.2) is 4.98 Å². The van der Waals surface area contributed by atoms with Crippen LogP contribution in [0.15, 0.2) is 59.3 Å². The number of aromatic nitrogens is 2. The van der Waals surface area contributed by atoms with Crippen LogP contribution in [0.1, 0.15) is 27.5 Å². The molecule has 36 heavy (non-hydrogen) atoms. The number of amides is 1. The first-order chi connectivity index (χ1) is 17.7. The molecule has 6 rings (SSSR count). The Morgan fingerprint density at radius 2 is 1.92 bits per heavy atom. The van der Waals surface area contributed by atoms with E-state index < -0.39 is 0 Å². The highest BCUT2D eigenvalue weighted by Gasteiger charge is 2.23. The van der Waals surface area contributed by atoms with Gasteiger partial charge in [0, 0.05) is 43.3 Å². The standard InChI is InChI=1S/C27H28N4O5/c32-27(31-9-11-33-12-10-31)23-17-34-26(29-23)16-30(15-19-5-6-24-25(13-19)36-18-35-24)8-7-20-14-28-22-4-2-1-3-21(20)22/h1-6,13-14,17,28H,7-12,15-16,18H2. The summed E-state index contributed by atoms with van der Waals surface area (Å²) < 4.78 is 22.1. The molecule has 9 heteroatoms. The van der Waals surface area contributed by atoms with E-state index in [1.54, 1.807) is 4.90 Å². The van der Waals surface area contributed by atoms with E-state index in [2.05, 4.69) is 45.3 Å². The fourth-order valence-corrected chi connectivity index (χ4v) is 4.73. The molecule has 0 spiro atoms. The molecule has 0 radical (unpaired) electrons. The van der Waals surface area contributed by atoms with Crippen LogP contribution < -0.4 is 9.47 Å². The van der Waals surface area contributed by atoms with Gasteiger partial charge < -0.3 is 28.5 Å². The van der Waals surface area contributed by atoms with E-state index in [9.17, 15) is 4.79 Å². The second kappa shape index (κ2) is 10.0. The average Bonchev–Trinajstić information content (AvgIpc) is 3.67. The van der Waals surface area contributed by atoms with Crippen LogP contribution in [-0.2, 0) is 24.2 Å². The van der Waals surface area contributed by atoms with Crippen LogP contribution >= 0.6 is 0 Å². The van der Waals surface area contributed by atoms with E-state index in [1.165, 1.54) is 17.2 Å². The van der Waals surface area contributed by atoms with Gasteiger partial charge >= 0.3 is 0 Å². The van der Waals surface area contributed by atoms with Gasteiger partial charge in [0.25, 0.3) is 5.91 Å². The van der Waals surface area contributed by atoms with Crippen molar-refractivity contribution < 1.29 is 23.4 Å². The lowest BCUT2D eigenvalue weighted by Gasteiger charge is -2.25. The average molecular weight is 489 g/mol. The summed E-state index contributed by atoms with van der Waals surface area (Å²) in [4.78, 5) is 24.7. The molecule has 4 heterocycles. The van der Waals surface area contributed by atoms with Gasteiger partial charge in [-0.05, 0) is 35.7 Å². The number of fused-ring (bicyclic) bond motifs is 2. The molecular weight excluding hydrogens is 460 g/mol. The molecule has 4 aromatic rings. The van der Waals surface area contributed by atoms with Gasteiger partial charge in [-0.2, -0.15) is 0 Å². The summed E-state index contributed by atoms with van der Waals surface area (Å²) in [6.07, 6.45) is 4.40. The van der Waals surface area contributed by atoms with Gasteiger partial charge in [0.1, 0.15) is 6.26 Å². The first kappa shape index (κ1) is 22.6. The van der Waals surface area contributed by atoms with Crippen molar-refractivity contribution in [3.63, 3.8) is 0 Å². The number of carbonyl (C=O) groups is 1. The highest BCUT2D eigenvalue weighted by Crippen LogP contribution is 2.33. The molecule has 0 aliphatic carbocycles. The number of aromatic amines is 1. The topological polar surface area (TPSA) is 93.1 Å². The number of morpholine rings is 1. The molecule has 0 bridgehead atoms. The van der Waals surface area contributed by atoms with Crippen molar-refractivity contribution in [2.45, 2.75) is 19.5 Å². The molecule has 0 atom stereocenters. The Hall–Kier alpha value is -3.82. The van der Waals surface area contributed by atoms with Crippen molar-refractivity contribution in [2.24, 2.45) is 0 Å². The highest BCUT2D eigenvalue weighted by molar-refractivity contribution is 5.92. The monoisotopic (exact) mass is 488 g/mol. The Morgan fingerprint density at radius 1 is 1.06 bits per heavy atom. The number of carbonyl (C=O) groups excluding carboxylic acids is 1. The minimum atomic E-state index is -0.116. The number of nitrogens with zero attached hydrogens (tertiary/aromatic N) is 3. The number of benzene rings is 2. The third kappa shape index (κ3) is 4.80. The predicted molar refractivity (Wildman–Crippen MR) is 132 cm³/mol. The Balaban J connectivity index is 1.19. The molecule has 1 N–H and O–H groups in total. The van der Waals surface area contributed by atoms with Crippen LogP contribution in [0.25, 0.3) is 10.9 Å². The van der Waals surface area contributed by atoms with Crippen molar-refractivity contribution in [3.8, 4) is 11.5 Å². The summed E-state index contributed by atoms with van der Waals surface area (Å²) >= 11 is 0. The van der Waals surface area contributed by atoms with Gasteiger partial charge in [-0.15, -0.1) is 0 Å². The SMILES string of the molecule is O=C(c1coc(CN(CCc2c[nH]c3ccccc23)Cc2ccc3c(c2)OCO3)n1)N1CCOCC1. The summed E-state index contributed by atoms with van der Waals surface area (Å²) in [5, 5.41) is 1.23. The van der Waals surface area contributed by atoms with Crippen LogP contribution in [0.3, 0.4) is 0 Å². The largest absolute Gasteiger partial charge is 0.454 e. The Labute approximate surface area is 208 Å². The molecule has 2 aromatic heterocycles. The molecule has 1 fully saturated rings. The Morgan fingerprint density at radius 3 is 2.83 bits per heavy atom. The number of hydrogen-bond donors (Lipinski definition) is 1. The summed E-state index contributed by atoms with van der Waals surface area (Å²) in [6.45, 7) is 4.43. The maximum atomic E-state index is 12.8. The molecule has 0 unspecified atom stereocenters. The number of hydrogen-bond acceptors (Lipinski definition) is 7. The van der Waals surface area contributed by atoms with Gasteiger partial charge in [-0.3, -0.25) is 9.69 Å². The summed E-state index contributed by atoms with van der Waals surface area (Å²) in [7, 11) is 0. The quantitative estimate of drug-likeness (QED) is 0.405. The van der Waals surface area contributed by atoms with Crippen molar-refractivity contribution in [1.29, 1.82) is 0 Å². The summed E-state index contributed by atoms with van der Waals surface area (Å²) in [5.41, 5.74) is 3.84.